The van der Waals surface area contributed by atoms with Crippen LogP contribution in [0.3, 0.4) is 0 Å². The Morgan fingerprint density at radius 1 is 0.795 bits per heavy atom. The molecule has 1 aliphatic heterocycles. The average Bonchev–Trinajstić information content (AvgIpc) is 3.16. The van der Waals surface area contributed by atoms with Crippen molar-refractivity contribution < 1.29 is 14.4 Å². The number of anilines is 2. The topological polar surface area (TPSA) is 66.5 Å². The molecule has 0 radical (unpaired) electrons. The lowest BCUT2D eigenvalue weighted by molar-refractivity contribution is -0.128. The van der Waals surface area contributed by atoms with Crippen molar-refractivity contribution in [1.82, 2.24) is 0 Å². The Bertz CT molecular complexity index is 1680. The third kappa shape index (κ3) is 3.10. The Labute approximate surface area is 227 Å². The van der Waals surface area contributed by atoms with Crippen LogP contribution in [0, 0.1) is 25.2 Å². The Balaban J connectivity index is 1.29. The number of benzene rings is 4. The van der Waals surface area contributed by atoms with Gasteiger partial charge in [0.05, 0.1) is 17.0 Å². The van der Waals surface area contributed by atoms with E-state index in [1.54, 1.807) is 24.3 Å². The number of imide groups is 1. The van der Waals surface area contributed by atoms with E-state index in [1.165, 1.54) is 4.90 Å². The second-order valence-corrected chi connectivity index (χ2v) is 11.2. The number of nitrogens with zero attached hydrogens (tertiary/aromatic N) is 1. The fraction of sp³-hybridized carbons (Fsp3) is 0.206. The summed E-state index contributed by atoms with van der Waals surface area (Å²) in [4.78, 5) is 43.1. The molecule has 1 fully saturated rings. The number of hydrogen-bond donors (Lipinski definition) is 1. The van der Waals surface area contributed by atoms with Crippen molar-refractivity contribution in [3.63, 3.8) is 0 Å². The molecule has 8 rings (SSSR count). The molecule has 4 aromatic carbocycles. The van der Waals surface area contributed by atoms with Crippen LogP contribution in [0.15, 0.2) is 91.0 Å². The van der Waals surface area contributed by atoms with Crippen LogP contribution in [0.1, 0.15) is 62.5 Å². The van der Waals surface area contributed by atoms with Gasteiger partial charge in [-0.15, -0.1) is 0 Å². The van der Waals surface area contributed by atoms with Gasteiger partial charge in [-0.3, -0.25) is 14.4 Å². The zero-order chi connectivity index (χ0) is 27.1. The summed E-state index contributed by atoms with van der Waals surface area (Å²) in [5, 5.41) is 2.99. The van der Waals surface area contributed by atoms with Crippen molar-refractivity contribution in [3.05, 3.63) is 130 Å². The number of hydrogen-bond acceptors (Lipinski definition) is 3. The third-order valence-electron chi connectivity index (χ3n) is 9.23. The van der Waals surface area contributed by atoms with Crippen LogP contribution in [0.25, 0.3) is 0 Å². The van der Waals surface area contributed by atoms with E-state index in [4.69, 9.17) is 0 Å². The molecule has 5 nitrogen and oxygen atoms in total. The highest BCUT2D eigenvalue weighted by atomic mass is 16.2. The van der Waals surface area contributed by atoms with Crippen LogP contribution in [-0.2, 0) is 9.59 Å². The van der Waals surface area contributed by atoms with Crippen LogP contribution in [-0.4, -0.2) is 17.7 Å². The predicted octanol–water partition coefficient (Wildman–Crippen LogP) is 6.34. The molecule has 39 heavy (non-hydrogen) atoms. The van der Waals surface area contributed by atoms with E-state index in [-0.39, 0.29) is 29.6 Å². The first-order chi connectivity index (χ1) is 18.8. The molecule has 0 spiro atoms. The van der Waals surface area contributed by atoms with Crippen molar-refractivity contribution in [2.75, 3.05) is 10.2 Å². The first-order valence-electron chi connectivity index (χ1n) is 13.4. The minimum absolute atomic E-state index is 0.190. The summed E-state index contributed by atoms with van der Waals surface area (Å²) in [5.41, 5.74) is 7.26. The minimum Gasteiger partial charge on any atom is -0.322 e. The Hall–Kier alpha value is -4.51. The molecule has 0 aromatic heterocycles. The molecule has 3 amide bonds. The van der Waals surface area contributed by atoms with Crippen molar-refractivity contribution in [2.45, 2.75) is 32.6 Å². The zero-order valence-electron chi connectivity index (χ0n) is 22.1. The Morgan fingerprint density at radius 2 is 1.41 bits per heavy atom. The SMILES string of the molecule is Cc1cccc(NC(=O)c2cccc(N3C(=O)[C@@H]4C5c6ccccc6C(c6ccccc65)[C@]4(C)C3=O)c2)c1C. The predicted molar refractivity (Wildman–Crippen MR) is 151 cm³/mol. The molecule has 1 N–H and O–H groups in total. The smallest absolute Gasteiger partial charge is 0.255 e. The second-order valence-electron chi connectivity index (χ2n) is 11.2. The molecule has 0 unspecified atom stereocenters. The highest BCUT2D eigenvalue weighted by Crippen LogP contribution is 2.67. The molecule has 2 atom stereocenters. The van der Waals surface area contributed by atoms with Gasteiger partial charge < -0.3 is 5.32 Å². The number of nitrogens with one attached hydrogen (secondary N) is 1. The number of carbonyl (C=O) groups excluding carboxylic acids is 3. The lowest BCUT2D eigenvalue weighted by Gasteiger charge is -2.51. The Kier molecular flexibility index (Phi) is 4.99. The van der Waals surface area contributed by atoms with E-state index in [0.717, 1.165) is 39.1 Å². The molecule has 3 aliphatic carbocycles. The fourth-order valence-corrected chi connectivity index (χ4v) is 7.23. The standard InChI is InChI=1S/C34H28N2O3/c1-19-10-8-17-27(20(19)2)35-31(37)21-11-9-12-22(18-21)36-32(38)30-28-23-13-4-6-15-25(23)29(34(30,3)33(36)39)26-16-7-5-14-24(26)28/h4-18,28-30H,1-3H3,(H,35,37)/t28?,29?,30-,34-/m0/s1. The van der Waals surface area contributed by atoms with E-state index in [9.17, 15) is 14.4 Å². The van der Waals surface area contributed by atoms with Gasteiger partial charge in [-0.2, -0.15) is 0 Å². The van der Waals surface area contributed by atoms with Crippen LogP contribution in [0.4, 0.5) is 11.4 Å². The number of aryl methyl sites for hydroxylation is 1. The van der Waals surface area contributed by atoms with Gasteiger partial charge in [0.15, 0.2) is 0 Å². The summed E-state index contributed by atoms with van der Waals surface area (Å²) in [6.45, 7) is 5.92. The van der Waals surface area contributed by atoms with Crippen molar-refractivity contribution in [3.8, 4) is 0 Å². The molecule has 1 saturated heterocycles. The summed E-state index contributed by atoms with van der Waals surface area (Å²) in [7, 11) is 0. The first kappa shape index (κ1) is 23.6. The van der Waals surface area contributed by atoms with Crippen molar-refractivity contribution in [2.24, 2.45) is 11.3 Å². The second kappa shape index (κ2) is 8.24. The highest BCUT2D eigenvalue weighted by molar-refractivity contribution is 6.25. The molecular weight excluding hydrogens is 484 g/mol. The highest BCUT2D eigenvalue weighted by Gasteiger charge is 2.68. The van der Waals surface area contributed by atoms with E-state index >= 15 is 0 Å². The molecule has 4 aliphatic rings. The maximum Gasteiger partial charge on any atom is 0.255 e. The van der Waals surface area contributed by atoms with Crippen LogP contribution in [0.2, 0.25) is 0 Å². The van der Waals surface area contributed by atoms with Crippen LogP contribution < -0.4 is 10.2 Å². The van der Waals surface area contributed by atoms with E-state index in [2.05, 4.69) is 29.6 Å². The van der Waals surface area contributed by atoms with Gasteiger partial charge in [-0.05, 0) is 78.4 Å². The van der Waals surface area contributed by atoms with E-state index in [0.29, 0.717) is 11.3 Å². The largest absolute Gasteiger partial charge is 0.322 e. The van der Waals surface area contributed by atoms with E-state index in [1.807, 2.05) is 63.2 Å². The maximum absolute atomic E-state index is 14.3. The van der Waals surface area contributed by atoms with Gasteiger partial charge in [-0.25, -0.2) is 4.90 Å². The van der Waals surface area contributed by atoms with Gasteiger partial charge in [0.2, 0.25) is 11.8 Å². The zero-order valence-corrected chi connectivity index (χ0v) is 22.1. The summed E-state index contributed by atoms with van der Waals surface area (Å²) in [6.07, 6.45) is 0. The number of rotatable bonds is 3. The molecule has 1 heterocycles. The normalized spacial score (nSPS) is 24.3. The number of amides is 3. The van der Waals surface area contributed by atoms with Crippen LogP contribution >= 0.6 is 0 Å². The van der Waals surface area contributed by atoms with Crippen molar-refractivity contribution >= 4 is 29.1 Å². The van der Waals surface area contributed by atoms with Gasteiger partial charge in [0.1, 0.15) is 0 Å². The van der Waals surface area contributed by atoms with E-state index < -0.39 is 11.3 Å². The first-order valence-corrected chi connectivity index (χ1v) is 13.4. The lowest BCUT2D eigenvalue weighted by atomic mass is 9.48. The number of carbonyl (C=O) groups is 3. The molecular formula is C34H28N2O3. The quantitative estimate of drug-likeness (QED) is 0.326. The minimum atomic E-state index is -0.915. The average molecular weight is 513 g/mol. The lowest BCUT2D eigenvalue weighted by Crippen LogP contribution is -2.49. The van der Waals surface area contributed by atoms with Gasteiger partial charge in [0, 0.05) is 23.1 Å². The third-order valence-corrected chi connectivity index (χ3v) is 9.23. The van der Waals surface area contributed by atoms with Gasteiger partial charge in [0.25, 0.3) is 5.91 Å². The molecule has 0 saturated carbocycles. The molecule has 5 heteroatoms. The summed E-state index contributed by atoms with van der Waals surface area (Å²) < 4.78 is 0. The molecule has 192 valence electrons. The van der Waals surface area contributed by atoms with Gasteiger partial charge >= 0.3 is 0 Å². The summed E-state index contributed by atoms with van der Waals surface area (Å²) in [5.74, 6) is -1.60. The molecule has 2 bridgehead atoms. The van der Waals surface area contributed by atoms with Crippen LogP contribution in [0.5, 0.6) is 0 Å². The Morgan fingerprint density at radius 3 is 2.08 bits per heavy atom. The monoisotopic (exact) mass is 512 g/mol. The molecule has 4 aromatic rings. The van der Waals surface area contributed by atoms with Gasteiger partial charge in [-0.1, -0.05) is 66.7 Å². The summed E-state index contributed by atoms with van der Waals surface area (Å²) >= 11 is 0. The summed E-state index contributed by atoms with van der Waals surface area (Å²) in [6, 6.07) is 29.1. The van der Waals surface area contributed by atoms with Crippen molar-refractivity contribution in [1.29, 1.82) is 0 Å². The fourth-order valence-electron chi connectivity index (χ4n) is 7.23. The maximum atomic E-state index is 14.3.